The van der Waals surface area contributed by atoms with Crippen LogP contribution >= 0.6 is 11.3 Å². The SMILES string of the molecule is Cc1cc(S(=O)(=O)N2CC[C@H](c3c(C(=O)N(C)C)sc4ncccc34)C2)ccc1F. The molecule has 1 fully saturated rings. The molecule has 158 valence electrons. The number of aryl methyl sites for hydroxylation is 1. The lowest BCUT2D eigenvalue weighted by Crippen LogP contribution is -2.29. The average molecular weight is 448 g/mol. The number of aromatic nitrogens is 1. The van der Waals surface area contributed by atoms with Gasteiger partial charge in [-0.15, -0.1) is 11.3 Å². The van der Waals surface area contributed by atoms with Crippen LogP contribution < -0.4 is 0 Å². The molecule has 4 rings (SSSR count). The van der Waals surface area contributed by atoms with Gasteiger partial charge in [0.15, 0.2) is 0 Å². The summed E-state index contributed by atoms with van der Waals surface area (Å²) in [6.45, 7) is 2.16. The summed E-state index contributed by atoms with van der Waals surface area (Å²) in [6.07, 6.45) is 2.29. The maximum Gasteiger partial charge on any atom is 0.263 e. The number of carbonyl (C=O) groups is 1. The van der Waals surface area contributed by atoms with Crippen LogP contribution in [0, 0.1) is 12.7 Å². The van der Waals surface area contributed by atoms with Crippen LogP contribution in [0.2, 0.25) is 0 Å². The summed E-state index contributed by atoms with van der Waals surface area (Å²) in [5.41, 5.74) is 1.16. The largest absolute Gasteiger partial charge is 0.344 e. The van der Waals surface area contributed by atoms with E-state index in [0.29, 0.717) is 23.4 Å². The van der Waals surface area contributed by atoms with Crippen molar-refractivity contribution in [2.75, 3.05) is 27.2 Å². The number of thiophene rings is 1. The molecular weight excluding hydrogens is 425 g/mol. The van der Waals surface area contributed by atoms with Crippen molar-refractivity contribution in [1.82, 2.24) is 14.2 Å². The summed E-state index contributed by atoms with van der Waals surface area (Å²) in [4.78, 5) is 20.2. The van der Waals surface area contributed by atoms with Crippen LogP contribution in [0.1, 0.15) is 33.1 Å². The first-order chi connectivity index (χ1) is 14.2. The van der Waals surface area contributed by atoms with Crippen LogP contribution in [-0.4, -0.2) is 55.7 Å². The molecule has 1 aromatic carbocycles. The molecule has 1 atom stereocenters. The number of benzene rings is 1. The smallest absolute Gasteiger partial charge is 0.263 e. The number of hydrogen-bond acceptors (Lipinski definition) is 5. The molecule has 1 aliphatic heterocycles. The summed E-state index contributed by atoms with van der Waals surface area (Å²) in [6, 6.07) is 7.61. The van der Waals surface area contributed by atoms with E-state index in [1.54, 1.807) is 27.2 Å². The van der Waals surface area contributed by atoms with Crippen molar-refractivity contribution in [3.63, 3.8) is 0 Å². The zero-order chi connectivity index (χ0) is 21.6. The fourth-order valence-corrected chi connectivity index (χ4v) is 6.66. The molecule has 1 saturated heterocycles. The third-order valence-corrected chi connectivity index (χ3v) is 8.41. The first kappa shape index (κ1) is 20.9. The third-order valence-electron chi connectivity index (χ3n) is 5.43. The van der Waals surface area contributed by atoms with Gasteiger partial charge in [-0.2, -0.15) is 4.31 Å². The lowest BCUT2D eigenvalue weighted by atomic mass is 9.95. The summed E-state index contributed by atoms with van der Waals surface area (Å²) in [7, 11) is -0.344. The Bertz CT molecular complexity index is 1240. The lowest BCUT2D eigenvalue weighted by molar-refractivity contribution is 0.0831. The summed E-state index contributed by atoms with van der Waals surface area (Å²) >= 11 is 1.34. The minimum absolute atomic E-state index is 0.0866. The molecule has 0 unspecified atom stereocenters. The number of fused-ring (bicyclic) bond motifs is 1. The Hall–Kier alpha value is -2.36. The topological polar surface area (TPSA) is 70.6 Å². The number of halogens is 1. The Kier molecular flexibility index (Phi) is 5.37. The normalized spacial score (nSPS) is 17.5. The maximum absolute atomic E-state index is 13.6. The predicted molar refractivity (Wildman–Crippen MR) is 115 cm³/mol. The van der Waals surface area contributed by atoms with Crippen molar-refractivity contribution in [2.24, 2.45) is 0 Å². The van der Waals surface area contributed by atoms with E-state index in [0.717, 1.165) is 15.8 Å². The fraction of sp³-hybridized carbons (Fsp3) is 0.333. The molecule has 0 radical (unpaired) electrons. The van der Waals surface area contributed by atoms with E-state index in [-0.39, 0.29) is 23.3 Å². The second kappa shape index (κ2) is 7.72. The highest BCUT2D eigenvalue weighted by atomic mass is 32.2. The van der Waals surface area contributed by atoms with Crippen LogP contribution in [0.4, 0.5) is 4.39 Å². The van der Waals surface area contributed by atoms with Gasteiger partial charge >= 0.3 is 0 Å². The van der Waals surface area contributed by atoms with Gasteiger partial charge in [-0.25, -0.2) is 17.8 Å². The van der Waals surface area contributed by atoms with Crippen molar-refractivity contribution < 1.29 is 17.6 Å². The molecule has 1 aliphatic rings. The number of hydrogen-bond donors (Lipinski definition) is 0. The predicted octanol–water partition coefficient (Wildman–Crippen LogP) is 3.62. The maximum atomic E-state index is 13.6. The molecule has 2 aromatic heterocycles. The number of pyridine rings is 1. The van der Waals surface area contributed by atoms with Gasteiger partial charge in [0.05, 0.1) is 9.77 Å². The molecule has 1 amide bonds. The second-order valence-corrected chi connectivity index (χ2v) is 10.6. The molecule has 30 heavy (non-hydrogen) atoms. The first-order valence-corrected chi connectivity index (χ1v) is 11.8. The van der Waals surface area contributed by atoms with Gasteiger partial charge in [0.2, 0.25) is 10.0 Å². The van der Waals surface area contributed by atoms with E-state index < -0.39 is 15.8 Å². The lowest BCUT2D eigenvalue weighted by Gasteiger charge is -2.18. The molecule has 9 heteroatoms. The van der Waals surface area contributed by atoms with Gasteiger partial charge in [0.1, 0.15) is 10.6 Å². The van der Waals surface area contributed by atoms with Crippen LogP contribution in [0.5, 0.6) is 0 Å². The van der Waals surface area contributed by atoms with Crippen LogP contribution in [0.25, 0.3) is 10.2 Å². The summed E-state index contributed by atoms with van der Waals surface area (Å²) in [5.74, 6) is -0.654. The second-order valence-electron chi connectivity index (χ2n) is 7.66. The minimum Gasteiger partial charge on any atom is -0.344 e. The number of carbonyl (C=O) groups excluding carboxylic acids is 1. The van der Waals surface area contributed by atoms with E-state index >= 15 is 0 Å². The molecule has 3 aromatic rings. The molecule has 0 N–H and O–H groups in total. The number of nitrogens with zero attached hydrogens (tertiary/aromatic N) is 3. The van der Waals surface area contributed by atoms with Crippen molar-refractivity contribution in [3.05, 3.63) is 58.3 Å². The molecule has 3 heterocycles. The zero-order valence-electron chi connectivity index (χ0n) is 16.9. The molecule has 6 nitrogen and oxygen atoms in total. The van der Waals surface area contributed by atoms with Gasteiger partial charge in [-0.05, 0) is 48.7 Å². The van der Waals surface area contributed by atoms with Crippen molar-refractivity contribution in [1.29, 1.82) is 0 Å². The Morgan fingerprint density at radius 1 is 1.30 bits per heavy atom. The molecule has 0 bridgehead atoms. The Morgan fingerprint density at radius 3 is 2.77 bits per heavy atom. The number of rotatable bonds is 4. The van der Waals surface area contributed by atoms with Crippen molar-refractivity contribution >= 4 is 37.5 Å². The van der Waals surface area contributed by atoms with Crippen molar-refractivity contribution in [2.45, 2.75) is 24.2 Å². The van der Waals surface area contributed by atoms with Gasteiger partial charge in [-0.1, -0.05) is 6.07 Å². The van der Waals surface area contributed by atoms with Gasteiger partial charge in [0, 0.05) is 44.7 Å². The van der Waals surface area contributed by atoms with E-state index in [1.807, 2.05) is 12.1 Å². The first-order valence-electron chi connectivity index (χ1n) is 9.55. The third kappa shape index (κ3) is 3.51. The van der Waals surface area contributed by atoms with E-state index in [1.165, 1.54) is 38.7 Å². The van der Waals surface area contributed by atoms with Crippen LogP contribution in [0.3, 0.4) is 0 Å². The molecular formula is C21H22FN3O3S2. The Balaban J connectivity index is 1.71. The summed E-state index contributed by atoms with van der Waals surface area (Å²) < 4.78 is 41.3. The molecule has 0 saturated carbocycles. The van der Waals surface area contributed by atoms with Crippen molar-refractivity contribution in [3.8, 4) is 0 Å². The quantitative estimate of drug-likeness (QED) is 0.613. The monoisotopic (exact) mass is 447 g/mol. The van der Waals surface area contributed by atoms with Crippen LogP contribution in [-0.2, 0) is 10.0 Å². The highest BCUT2D eigenvalue weighted by Crippen LogP contribution is 2.41. The van der Waals surface area contributed by atoms with E-state index in [4.69, 9.17) is 0 Å². The number of sulfonamides is 1. The average Bonchev–Trinajstić information content (AvgIpc) is 3.34. The standard InChI is InChI=1S/C21H22FN3O3S2/c1-13-11-15(6-7-17(13)22)30(27,28)25-10-8-14(12-25)18-16-5-4-9-23-20(16)29-19(18)21(26)24(2)3/h4-7,9,11,14H,8,10,12H2,1-3H3/t14-/m0/s1. The fourth-order valence-electron chi connectivity index (χ4n) is 3.83. The highest BCUT2D eigenvalue weighted by Gasteiger charge is 2.37. The van der Waals surface area contributed by atoms with Gasteiger partial charge < -0.3 is 4.90 Å². The Morgan fingerprint density at radius 2 is 2.07 bits per heavy atom. The molecule has 0 spiro atoms. The minimum atomic E-state index is -3.75. The Labute approximate surface area is 179 Å². The van der Waals surface area contributed by atoms with E-state index in [2.05, 4.69) is 4.98 Å². The van der Waals surface area contributed by atoms with Crippen LogP contribution in [0.15, 0.2) is 41.4 Å². The summed E-state index contributed by atoms with van der Waals surface area (Å²) in [5, 5.41) is 0.898. The molecule has 0 aliphatic carbocycles. The highest BCUT2D eigenvalue weighted by molar-refractivity contribution is 7.89. The van der Waals surface area contributed by atoms with E-state index in [9.17, 15) is 17.6 Å². The van der Waals surface area contributed by atoms with Gasteiger partial charge in [0.25, 0.3) is 5.91 Å². The zero-order valence-corrected chi connectivity index (χ0v) is 18.6. The van der Waals surface area contributed by atoms with Gasteiger partial charge in [-0.3, -0.25) is 4.79 Å². The number of amides is 1.